The first-order chi connectivity index (χ1) is 11.6. The lowest BCUT2D eigenvalue weighted by atomic mass is 10.1. The predicted octanol–water partition coefficient (Wildman–Crippen LogP) is 4.06. The largest absolute Gasteiger partial charge is 0.352 e. The molecule has 0 atom stereocenters. The Kier molecular flexibility index (Phi) is 6.76. The topological polar surface area (TPSA) is 46.2 Å². The number of benzene rings is 2. The highest BCUT2D eigenvalue weighted by molar-refractivity contribution is 6.30. The number of aryl methyl sites for hydroxylation is 1. The molecule has 0 spiro atoms. The lowest BCUT2D eigenvalue weighted by molar-refractivity contribution is -0.121. The zero-order valence-electron chi connectivity index (χ0n) is 13.6. The molecule has 0 aliphatic rings. The van der Waals surface area contributed by atoms with E-state index in [1.54, 1.807) is 30.3 Å². The summed E-state index contributed by atoms with van der Waals surface area (Å²) < 4.78 is 0. The second kappa shape index (κ2) is 9.04. The molecule has 0 saturated heterocycles. The van der Waals surface area contributed by atoms with Gasteiger partial charge in [0.05, 0.1) is 5.57 Å². The van der Waals surface area contributed by atoms with Crippen molar-refractivity contribution in [3.05, 3.63) is 76.3 Å². The van der Waals surface area contributed by atoms with E-state index in [0.29, 0.717) is 11.6 Å². The maximum absolute atomic E-state index is 12.3. The Bertz CT molecular complexity index is 738. The molecule has 0 heterocycles. The number of ketones is 1. The van der Waals surface area contributed by atoms with Crippen LogP contribution in [0.2, 0.25) is 5.02 Å². The normalized spacial score (nSPS) is 11.2. The summed E-state index contributed by atoms with van der Waals surface area (Å²) >= 11 is 5.93. The van der Waals surface area contributed by atoms with E-state index in [9.17, 15) is 9.59 Å². The van der Waals surface area contributed by atoms with Crippen molar-refractivity contribution >= 4 is 29.4 Å². The molecule has 4 heteroatoms. The summed E-state index contributed by atoms with van der Waals surface area (Å²) in [5, 5.41) is 3.37. The van der Waals surface area contributed by atoms with Crippen LogP contribution < -0.4 is 5.32 Å². The van der Waals surface area contributed by atoms with E-state index in [2.05, 4.69) is 17.4 Å². The van der Waals surface area contributed by atoms with Crippen LogP contribution in [0, 0.1) is 0 Å². The van der Waals surface area contributed by atoms with E-state index in [0.717, 1.165) is 18.4 Å². The number of amides is 1. The van der Waals surface area contributed by atoms with Crippen LogP contribution in [0.25, 0.3) is 6.08 Å². The molecule has 0 aromatic heterocycles. The fourth-order valence-corrected chi connectivity index (χ4v) is 2.52. The molecule has 1 N–H and O–H groups in total. The lowest BCUT2D eigenvalue weighted by Crippen LogP contribution is -2.28. The van der Waals surface area contributed by atoms with E-state index in [1.807, 2.05) is 18.2 Å². The average molecular weight is 342 g/mol. The first-order valence-electron chi connectivity index (χ1n) is 7.86. The maximum atomic E-state index is 12.3. The molecule has 2 rings (SSSR count). The monoisotopic (exact) mass is 341 g/mol. The Morgan fingerprint density at radius 1 is 1.08 bits per heavy atom. The summed E-state index contributed by atoms with van der Waals surface area (Å²) in [6.45, 7) is 1.91. The number of carbonyl (C=O) groups is 2. The van der Waals surface area contributed by atoms with Crippen molar-refractivity contribution < 1.29 is 9.59 Å². The van der Waals surface area contributed by atoms with Crippen LogP contribution >= 0.6 is 11.6 Å². The van der Waals surface area contributed by atoms with Crippen LogP contribution in [-0.2, 0) is 16.0 Å². The van der Waals surface area contributed by atoms with Gasteiger partial charge in [-0.15, -0.1) is 0 Å². The third-order valence-electron chi connectivity index (χ3n) is 3.55. The Morgan fingerprint density at radius 2 is 1.83 bits per heavy atom. The van der Waals surface area contributed by atoms with Gasteiger partial charge >= 0.3 is 0 Å². The molecule has 0 radical (unpaired) electrons. The van der Waals surface area contributed by atoms with Gasteiger partial charge in [-0.25, -0.2) is 0 Å². The molecule has 0 aliphatic carbocycles. The van der Waals surface area contributed by atoms with E-state index >= 15 is 0 Å². The Hall–Kier alpha value is -2.39. The molecule has 0 fully saturated rings. The van der Waals surface area contributed by atoms with Crippen LogP contribution in [-0.4, -0.2) is 18.2 Å². The Morgan fingerprint density at radius 3 is 2.50 bits per heavy atom. The molecule has 1 amide bonds. The minimum atomic E-state index is -0.351. The Balaban J connectivity index is 1.93. The molecule has 2 aromatic carbocycles. The van der Waals surface area contributed by atoms with Crippen molar-refractivity contribution in [2.45, 2.75) is 19.8 Å². The summed E-state index contributed by atoms with van der Waals surface area (Å²) in [6, 6.07) is 17.1. The fraction of sp³-hybridized carbons (Fsp3) is 0.200. The molecular formula is C20H20ClNO2. The standard InChI is InChI=1S/C20H20ClNO2/c1-15(23)19(14-17-9-5-11-18(21)13-17)20(24)22-12-6-10-16-7-3-2-4-8-16/h2-5,7-9,11,13-14H,6,10,12H2,1H3,(H,22,24). The quantitative estimate of drug-likeness (QED) is 0.357. The molecule has 2 aromatic rings. The van der Waals surface area contributed by atoms with Gasteiger partial charge in [-0.05, 0) is 49.1 Å². The van der Waals surface area contributed by atoms with Crippen molar-refractivity contribution in [2.75, 3.05) is 6.54 Å². The molecule has 24 heavy (non-hydrogen) atoms. The number of Topliss-reactive ketones (excluding diaryl/α,β-unsaturated/α-hetero) is 1. The van der Waals surface area contributed by atoms with Crippen molar-refractivity contribution in [1.29, 1.82) is 0 Å². The maximum Gasteiger partial charge on any atom is 0.254 e. The second-order valence-electron chi connectivity index (χ2n) is 5.51. The molecule has 3 nitrogen and oxygen atoms in total. The summed E-state index contributed by atoms with van der Waals surface area (Å²) in [4.78, 5) is 24.0. The number of halogens is 1. The third kappa shape index (κ3) is 5.67. The molecule has 0 bridgehead atoms. The van der Waals surface area contributed by atoms with Gasteiger partial charge in [0.1, 0.15) is 0 Å². The number of hydrogen-bond donors (Lipinski definition) is 1. The smallest absolute Gasteiger partial charge is 0.254 e. The Labute approximate surface area is 147 Å². The van der Waals surface area contributed by atoms with Gasteiger partial charge in [0.15, 0.2) is 5.78 Å². The minimum absolute atomic E-state index is 0.136. The van der Waals surface area contributed by atoms with Crippen molar-refractivity contribution in [3.8, 4) is 0 Å². The third-order valence-corrected chi connectivity index (χ3v) is 3.79. The molecule has 0 aliphatic heterocycles. The molecule has 0 saturated carbocycles. The van der Waals surface area contributed by atoms with Crippen molar-refractivity contribution in [2.24, 2.45) is 0 Å². The van der Waals surface area contributed by atoms with Crippen molar-refractivity contribution in [1.82, 2.24) is 5.32 Å². The van der Waals surface area contributed by atoms with Crippen LogP contribution in [0.1, 0.15) is 24.5 Å². The van der Waals surface area contributed by atoms with Crippen molar-refractivity contribution in [3.63, 3.8) is 0 Å². The SMILES string of the molecule is CC(=O)C(=Cc1cccc(Cl)c1)C(=O)NCCCc1ccccc1. The van der Waals surface area contributed by atoms with Gasteiger partial charge in [-0.1, -0.05) is 54.1 Å². The predicted molar refractivity (Wildman–Crippen MR) is 97.9 cm³/mol. The van der Waals surface area contributed by atoms with E-state index < -0.39 is 0 Å². The van der Waals surface area contributed by atoms with Gasteiger partial charge in [0.2, 0.25) is 0 Å². The lowest BCUT2D eigenvalue weighted by Gasteiger charge is -2.07. The van der Waals surface area contributed by atoms with Gasteiger partial charge in [0.25, 0.3) is 5.91 Å². The fourth-order valence-electron chi connectivity index (χ4n) is 2.32. The van der Waals surface area contributed by atoms with E-state index in [1.165, 1.54) is 12.5 Å². The summed E-state index contributed by atoms with van der Waals surface area (Å²) in [6.07, 6.45) is 3.27. The van der Waals surface area contributed by atoms with Gasteiger partial charge in [0, 0.05) is 11.6 Å². The molecule has 124 valence electrons. The number of carbonyl (C=O) groups excluding carboxylic acids is 2. The number of hydrogen-bond acceptors (Lipinski definition) is 2. The average Bonchev–Trinajstić information content (AvgIpc) is 2.57. The van der Waals surface area contributed by atoms with Crippen LogP contribution in [0.15, 0.2) is 60.2 Å². The van der Waals surface area contributed by atoms with E-state index in [4.69, 9.17) is 11.6 Å². The zero-order valence-corrected chi connectivity index (χ0v) is 14.3. The summed E-state index contributed by atoms with van der Waals surface area (Å²) in [5.74, 6) is -0.619. The molecule has 0 unspecified atom stereocenters. The first kappa shape index (κ1) is 18.0. The van der Waals surface area contributed by atoms with Gasteiger partial charge in [-0.2, -0.15) is 0 Å². The van der Waals surface area contributed by atoms with E-state index in [-0.39, 0.29) is 17.3 Å². The summed E-state index contributed by atoms with van der Waals surface area (Å²) in [5.41, 5.74) is 2.09. The second-order valence-corrected chi connectivity index (χ2v) is 5.95. The van der Waals surface area contributed by atoms with Gasteiger partial charge in [-0.3, -0.25) is 9.59 Å². The highest BCUT2D eigenvalue weighted by Crippen LogP contribution is 2.14. The zero-order chi connectivity index (χ0) is 17.4. The highest BCUT2D eigenvalue weighted by Gasteiger charge is 2.13. The van der Waals surface area contributed by atoms with Crippen LogP contribution in [0.4, 0.5) is 0 Å². The molecular weight excluding hydrogens is 322 g/mol. The minimum Gasteiger partial charge on any atom is -0.352 e. The van der Waals surface area contributed by atoms with Gasteiger partial charge < -0.3 is 5.32 Å². The highest BCUT2D eigenvalue weighted by atomic mass is 35.5. The summed E-state index contributed by atoms with van der Waals surface area (Å²) in [7, 11) is 0. The number of rotatable bonds is 7. The number of nitrogens with one attached hydrogen (secondary N) is 1. The first-order valence-corrected chi connectivity index (χ1v) is 8.24. The van der Waals surface area contributed by atoms with Crippen LogP contribution in [0.5, 0.6) is 0 Å². The van der Waals surface area contributed by atoms with Crippen LogP contribution in [0.3, 0.4) is 0 Å².